The van der Waals surface area contributed by atoms with Gasteiger partial charge in [0.1, 0.15) is 0 Å². The molecule has 0 aromatic carbocycles. The van der Waals surface area contributed by atoms with E-state index >= 15 is 0 Å². The predicted octanol–water partition coefficient (Wildman–Crippen LogP) is 2.21. The highest BCUT2D eigenvalue weighted by Gasteiger charge is 2.27. The Morgan fingerprint density at radius 1 is 1.05 bits per heavy atom. The monoisotopic (exact) mass is 308 g/mol. The van der Waals surface area contributed by atoms with Crippen LogP contribution in [0.2, 0.25) is 0 Å². The minimum Gasteiger partial charge on any atom is -0.357 e. The molecule has 2 heterocycles. The van der Waals surface area contributed by atoms with E-state index in [0.717, 1.165) is 19.0 Å². The summed E-state index contributed by atoms with van der Waals surface area (Å²) in [6, 6.07) is 0.471. The van der Waals surface area contributed by atoms with Crippen LogP contribution in [-0.4, -0.2) is 52.6 Å². The summed E-state index contributed by atoms with van der Waals surface area (Å²) in [4.78, 5) is 15.9. The molecule has 1 aromatic rings. The van der Waals surface area contributed by atoms with E-state index in [1.54, 1.807) is 0 Å². The zero-order valence-electron chi connectivity index (χ0n) is 12.8. The number of nitrogens with one attached hydrogen (secondary N) is 2. The van der Waals surface area contributed by atoms with E-state index in [-0.39, 0.29) is 0 Å². The lowest BCUT2D eigenvalue weighted by Gasteiger charge is -2.21. The molecule has 1 aromatic heterocycles. The van der Waals surface area contributed by atoms with Crippen LogP contribution in [0.1, 0.15) is 32.1 Å². The Bertz CT molecular complexity index is 477. The summed E-state index contributed by atoms with van der Waals surface area (Å²) in [5.74, 6) is 2.16. The third-order valence-electron chi connectivity index (χ3n) is 4.31. The van der Waals surface area contributed by atoms with Crippen LogP contribution in [0.3, 0.4) is 0 Å². The lowest BCUT2D eigenvalue weighted by atomic mass is 10.2. The molecular weight excluding hydrogens is 284 g/mol. The van der Waals surface area contributed by atoms with Crippen molar-refractivity contribution in [2.45, 2.75) is 43.4 Å². The van der Waals surface area contributed by atoms with Gasteiger partial charge in [0.15, 0.2) is 0 Å². The lowest BCUT2D eigenvalue weighted by Crippen LogP contribution is -2.28. The fourth-order valence-electron chi connectivity index (χ4n) is 3.14. The van der Waals surface area contributed by atoms with E-state index in [1.165, 1.54) is 32.1 Å². The van der Waals surface area contributed by atoms with E-state index in [9.17, 15) is 0 Å². The van der Waals surface area contributed by atoms with Crippen LogP contribution in [0.5, 0.6) is 0 Å². The molecule has 21 heavy (non-hydrogen) atoms. The molecule has 1 saturated carbocycles. The third kappa shape index (κ3) is 3.33. The molecule has 3 rings (SSSR count). The average Bonchev–Trinajstić information content (AvgIpc) is 3.18. The van der Waals surface area contributed by atoms with Crippen LogP contribution in [0.4, 0.5) is 17.8 Å². The summed E-state index contributed by atoms with van der Waals surface area (Å²) in [5.41, 5.74) is 0. The van der Waals surface area contributed by atoms with Crippen molar-refractivity contribution in [1.29, 1.82) is 0 Å². The number of thioether (sulfide) groups is 1. The van der Waals surface area contributed by atoms with Crippen molar-refractivity contribution in [2.24, 2.45) is 0 Å². The van der Waals surface area contributed by atoms with Gasteiger partial charge in [0.05, 0.1) is 0 Å². The molecule has 0 bridgehead atoms. The molecule has 2 fully saturated rings. The minimum absolute atomic E-state index is 0.471. The zero-order chi connectivity index (χ0) is 14.7. The Morgan fingerprint density at radius 2 is 1.81 bits per heavy atom. The highest BCUT2D eigenvalue weighted by molar-refractivity contribution is 7.99. The SMILES string of the molecule is CNc1nc(NC2CCCC2SC)nc(N2CCCC2)n1. The summed E-state index contributed by atoms with van der Waals surface area (Å²) in [5, 5.41) is 7.24. The van der Waals surface area contributed by atoms with Crippen molar-refractivity contribution in [1.82, 2.24) is 15.0 Å². The molecule has 2 atom stereocenters. The number of hydrogen-bond donors (Lipinski definition) is 2. The normalized spacial score (nSPS) is 25.3. The average molecular weight is 308 g/mol. The van der Waals surface area contributed by atoms with Crippen LogP contribution in [0, 0.1) is 0 Å². The molecule has 6 nitrogen and oxygen atoms in total. The highest BCUT2D eigenvalue weighted by atomic mass is 32.2. The van der Waals surface area contributed by atoms with Gasteiger partial charge < -0.3 is 15.5 Å². The quantitative estimate of drug-likeness (QED) is 0.864. The van der Waals surface area contributed by atoms with Crippen molar-refractivity contribution in [3.63, 3.8) is 0 Å². The maximum atomic E-state index is 4.64. The number of rotatable bonds is 5. The van der Waals surface area contributed by atoms with Crippen LogP contribution in [0.15, 0.2) is 0 Å². The van der Waals surface area contributed by atoms with Crippen LogP contribution >= 0.6 is 11.8 Å². The Morgan fingerprint density at radius 3 is 2.52 bits per heavy atom. The fraction of sp³-hybridized carbons (Fsp3) is 0.786. The second-order valence-electron chi connectivity index (χ2n) is 5.68. The Hall–Kier alpha value is -1.24. The molecule has 0 amide bonds. The van der Waals surface area contributed by atoms with Crippen molar-refractivity contribution in [3.8, 4) is 0 Å². The Kier molecular flexibility index (Phi) is 4.67. The molecule has 1 saturated heterocycles. The second-order valence-corrected chi connectivity index (χ2v) is 6.76. The standard InChI is InChI=1S/C14H24N6S/c1-15-12-17-13(16-10-6-5-7-11(10)21-2)19-14(18-12)20-8-3-4-9-20/h10-11H,3-9H2,1-2H3,(H2,15,16,17,18,19). The number of hydrogen-bond acceptors (Lipinski definition) is 7. The third-order valence-corrected chi connectivity index (χ3v) is 5.48. The second kappa shape index (κ2) is 6.68. The van der Waals surface area contributed by atoms with Crippen LogP contribution in [-0.2, 0) is 0 Å². The Labute approximate surface area is 130 Å². The molecule has 116 valence electrons. The van der Waals surface area contributed by atoms with Gasteiger partial charge in [0, 0.05) is 31.4 Å². The lowest BCUT2D eigenvalue weighted by molar-refractivity contribution is 0.752. The van der Waals surface area contributed by atoms with Gasteiger partial charge in [0.2, 0.25) is 17.8 Å². The van der Waals surface area contributed by atoms with Gasteiger partial charge >= 0.3 is 0 Å². The molecule has 1 aliphatic heterocycles. The van der Waals surface area contributed by atoms with Gasteiger partial charge in [-0.2, -0.15) is 26.7 Å². The minimum atomic E-state index is 0.471. The summed E-state index contributed by atoms with van der Waals surface area (Å²) < 4.78 is 0. The molecule has 2 aliphatic rings. The topological polar surface area (TPSA) is 66.0 Å². The summed E-state index contributed by atoms with van der Waals surface area (Å²) in [7, 11) is 1.85. The van der Waals surface area contributed by atoms with E-state index in [2.05, 4.69) is 36.7 Å². The van der Waals surface area contributed by atoms with Gasteiger partial charge in [-0.1, -0.05) is 6.42 Å². The van der Waals surface area contributed by atoms with Crippen molar-refractivity contribution in [2.75, 3.05) is 41.9 Å². The number of anilines is 3. The summed E-state index contributed by atoms with van der Waals surface area (Å²) >= 11 is 1.94. The first-order valence-electron chi connectivity index (χ1n) is 7.78. The molecule has 7 heteroatoms. The molecule has 0 radical (unpaired) electrons. The largest absolute Gasteiger partial charge is 0.357 e. The van der Waals surface area contributed by atoms with Crippen LogP contribution < -0.4 is 15.5 Å². The molecular formula is C14H24N6S. The fourth-order valence-corrected chi connectivity index (χ4v) is 4.07. The van der Waals surface area contributed by atoms with E-state index < -0.39 is 0 Å². The first kappa shape index (κ1) is 14.7. The first-order chi connectivity index (χ1) is 10.3. The summed E-state index contributed by atoms with van der Waals surface area (Å²) in [6.45, 7) is 2.09. The van der Waals surface area contributed by atoms with Crippen molar-refractivity contribution < 1.29 is 0 Å². The van der Waals surface area contributed by atoms with E-state index in [4.69, 9.17) is 0 Å². The smallest absolute Gasteiger partial charge is 0.231 e. The number of nitrogens with zero attached hydrogens (tertiary/aromatic N) is 4. The van der Waals surface area contributed by atoms with E-state index in [0.29, 0.717) is 23.2 Å². The van der Waals surface area contributed by atoms with Gasteiger partial charge in [-0.05, 0) is 31.9 Å². The number of aromatic nitrogens is 3. The predicted molar refractivity (Wildman–Crippen MR) is 89.4 cm³/mol. The van der Waals surface area contributed by atoms with Gasteiger partial charge in [0.25, 0.3) is 0 Å². The molecule has 2 unspecified atom stereocenters. The van der Waals surface area contributed by atoms with Gasteiger partial charge in [-0.3, -0.25) is 0 Å². The zero-order valence-corrected chi connectivity index (χ0v) is 13.6. The first-order valence-corrected chi connectivity index (χ1v) is 9.07. The van der Waals surface area contributed by atoms with Crippen molar-refractivity contribution in [3.05, 3.63) is 0 Å². The molecule has 2 N–H and O–H groups in total. The van der Waals surface area contributed by atoms with Crippen molar-refractivity contribution >= 4 is 29.6 Å². The van der Waals surface area contributed by atoms with Crippen LogP contribution in [0.25, 0.3) is 0 Å². The van der Waals surface area contributed by atoms with E-state index in [1.807, 2.05) is 18.8 Å². The highest BCUT2D eigenvalue weighted by Crippen LogP contribution is 2.30. The maximum Gasteiger partial charge on any atom is 0.231 e. The molecule has 0 spiro atoms. The van der Waals surface area contributed by atoms with Gasteiger partial charge in [-0.25, -0.2) is 0 Å². The molecule has 1 aliphatic carbocycles. The summed E-state index contributed by atoms with van der Waals surface area (Å²) in [6.07, 6.45) is 8.40. The van der Waals surface area contributed by atoms with Gasteiger partial charge in [-0.15, -0.1) is 0 Å². The Balaban J connectivity index is 1.78. The maximum absolute atomic E-state index is 4.64.